The van der Waals surface area contributed by atoms with E-state index < -0.39 is 0 Å². The Balaban J connectivity index is 1.59. The molecule has 2 N–H and O–H groups in total. The first-order valence-electron chi connectivity index (χ1n) is 9.15. The van der Waals surface area contributed by atoms with Gasteiger partial charge in [0.2, 0.25) is 17.6 Å². The van der Waals surface area contributed by atoms with Crippen molar-refractivity contribution in [3.8, 4) is 11.4 Å². The molecule has 1 saturated carbocycles. The van der Waals surface area contributed by atoms with Crippen LogP contribution in [-0.4, -0.2) is 52.2 Å². The molecule has 0 spiro atoms. The zero-order valence-corrected chi connectivity index (χ0v) is 15.1. The number of nitrogens with zero attached hydrogens (tertiary/aromatic N) is 3. The van der Waals surface area contributed by atoms with E-state index >= 15 is 0 Å². The second-order valence-electron chi connectivity index (χ2n) is 7.11. The minimum absolute atomic E-state index is 0.0404. The Hall–Kier alpha value is -2.74. The van der Waals surface area contributed by atoms with Gasteiger partial charge in [-0.2, -0.15) is 4.98 Å². The molecular formula is C19H22N4O4. The third-order valence-electron chi connectivity index (χ3n) is 5.38. The molecule has 0 unspecified atom stereocenters. The van der Waals surface area contributed by atoms with E-state index in [1.54, 1.807) is 25.1 Å². The summed E-state index contributed by atoms with van der Waals surface area (Å²) in [7, 11) is 0. The monoisotopic (exact) mass is 370 g/mol. The summed E-state index contributed by atoms with van der Waals surface area (Å²) >= 11 is 0. The van der Waals surface area contributed by atoms with E-state index in [9.17, 15) is 9.59 Å². The number of hydrogen-bond acceptors (Lipinski definition) is 6. The lowest BCUT2D eigenvalue weighted by molar-refractivity contribution is -0.128. The number of aryl methyl sites for hydroxylation is 1. The predicted octanol–water partition coefficient (Wildman–Crippen LogP) is 1.54. The molecule has 3 atom stereocenters. The van der Waals surface area contributed by atoms with Crippen LogP contribution in [0.5, 0.6) is 0 Å². The van der Waals surface area contributed by atoms with Gasteiger partial charge in [-0.05, 0) is 31.4 Å². The molecular weight excluding hydrogens is 348 g/mol. The minimum atomic E-state index is -0.305. The van der Waals surface area contributed by atoms with Crippen LogP contribution in [0.25, 0.3) is 11.4 Å². The molecule has 2 aromatic rings. The Kier molecular flexibility index (Phi) is 4.65. The van der Waals surface area contributed by atoms with Crippen LogP contribution in [-0.2, 0) is 9.53 Å². The number of morpholine rings is 1. The second kappa shape index (κ2) is 7.11. The van der Waals surface area contributed by atoms with Crippen molar-refractivity contribution in [1.29, 1.82) is 0 Å². The van der Waals surface area contributed by atoms with E-state index in [1.165, 1.54) is 0 Å². The van der Waals surface area contributed by atoms with Gasteiger partial charge in [0.25, 0.3) is 5.91 Å². The molecule has 1 aliphatic heterocycles. The molecule has 1 aromatic heterocycles. The van der Waals surface area contributed by atoms with Gasteiger partial charge in [-0.1, -0.05) is 17.3 Å². The van der Waals surface area contributed by atoms with Gasteiger partial charge in [0, 0.05) is 30.5 Å². The summed E-state index contributed by atoms with van der Waals surface area (Å²) in [5.41, 5.74) is 6.78. The Bertz CT molecular complexity index is 865. The Morgan fingerprint density at radius 3 is 2.89 bits per heavy atom. The van der Waals surface area contributed by atoms with E-state index in [1.807, 2.05) is 11.0 Å². The van der Waals surface area contributed by atoms with Gasteiger partial charge in [0.15, 0.2) is 0 Å². The van der Waals surface area contributed by atoms with Crippen LogP contribution in [0.4, 0.5) is 0 Å². The van der Waals surface area contributed by atoms with Crippen molar-refractivity contribution >= 4 is 11.8 Å². The number of rotatable bonds is 3. The molecule has 0 radical (unpaired) electrons. The fourth-order valence-corrected chi connectivity index (χ4v) is 3.99. The number of benzene rings is 1. The van der Waals surface area contributed by atoms with Crippen LogP contribution in [0.3, 0.4) is 0 Å². The van der Waals surface area contributed by atoms with Gasteiger partial charge in [-0.15, -0.1) is 0 Å². The van der Waals surface area contributed by atoms with Crippen molar-refractivity contribution in [3.63, 3.8) is 0 Å². The van der Waals surface area contributed by atoms with E-state index in [2.05, 4.69) is 10.1 Å². The largest absolute Gasteiger partial charge is 0.374 e. The maximum atomic E-state index is 13.2. The summed E-state index contributed by atoms with van der Waals surface area (Å²) in [6.45, 7) is 2.71. The highest BCUT2D eigenvalue weighted by molar-refractivity contribution is 5.95. The highest BCUT2D eigenvalue weighted by Gasteiger charge is 2.41. The van der Waals surface area contributed by atoms with Crippen molar-refractivity contribution in [1.82, 2.24) is 15.0 Å². The van der Waals surface area contributed by atoms with E-state index in [4.69, 9.17) is 15.0 Å². The van der Waals surface area contributed by atoms with Gasteiger partial charge in [0.05, 0.1) is 18.8 Å². The van der Waals surface area contributed by atoms with Crippen LogP contribution >= 0.6 is 0 Å². The average Bonchev–Trinajstić information content (AvgIpc) is 3.13. The third-order valence-corrected chi connectivity index (χ3v) is 5.38. The lowest BCUT2D eigenvalue weighted by Gasteiger charge is -2.45. The van der Waals surface area contributed by atoms with Gasteiger partial charge >= 0.3 is 0 Å². The number of hydrogen-bond donors (Lipinski definition) is 1. The summed E-state index contributed by atoms with van der Waals surface area (Å²) in [5, 5.41) is 3.91. The van der Waals surface area contributed by atoms with Crippen LogP contribution in [0.2, 0.25) is 0 Å². The molecule has 1 aromatic carbocycles. The zero-order chi connectivity index (χ0) is 19.0. The van der Waals surface area contributed by atoms with Crippen LogP contribution in [0.1, 0.15) is 35.5 Å². The molecule has 0 bridgehead atoms. The zero-order valence-electron chi connectivity index (χ0n) is 15.1. The number of primary amides is 1. The highest BCUT2D eigenvalue weighted by atomic mass is 16.5. The Morgan fingerprint density at radius 2 is 2.15 bits per heavy atom. The number of fused-ring (bicyclic) bond motifs is 1. The van der Waals surface area contributed by atoms with Crippen LogP contribution in [0, 0.1) is 12.8 Å². The van der Waals surface area contributed by atoms with E-state index in [0.717, 1.165) is 12.0 Å². The Labute approximate surface area is 156 Å². The summed E-state index contributed by atoms with van der Waals surface area (Å²) in [4.78, 5) is 30.9. The van der Waals surface area contributed by atoms with E-state index in [0.29, 0.717) is 43.3 Å². The molecule has 142 valence electrons. The molecule has 2 aliphatic rings. The summed E-state index contributed by atoms with van der Waals surface area (Å²) in [6, 6.07) is 7.06. The third kappa shape index (κ3) is 3.44. The van der Waals surface area contributed by atoms with Gasteiger partial charge < -0.3 is 19.9 Å². The predicted molar refractivity (Wildman–Crippen MR) is 95.6 cm³/mol. The first-order valence-corrected chi connectivity index (χ1v) is 9.15. The minimum Gasteiger partial charge on any atom is -0.374 e. The number of carbonyl (C=O) groups is 2. The van der Waals surface area contributed by atoms with Crippen molar-refractivity contribution in [2.75, 3.05) is 13.2 Å². The molecule has 1 saturated heterocycles. The van der Waals surface area contributed by atoms with E-state index in [-0.39, 0.29) is 29.9 Å². The Morgan fingerprint density at radius 1 is 1.30 bits per heavy atom. The highest BCUT2D eigenvalue weighted by Crippen LogP contribution is 2.33. The first-order chi connectivity index (χ1) is 13.0. The maximum absolute atomic E-state index is 13.2. The number of aromatic nitrogens is 2. The summed E-state index contributed by atoms with van der Waals surface area (Å²) in [5.74, 6) is 0.323. The first kappa shape index (κ1) is 17.7. The SMILES string of the molecule is Cc1nc(-c2cccc(C(=O)N3CCO[C@@H]4CC[C@H](C(N)=O)C[C@H]43)c2)no1. The van der Waals surface area contributed by atoms with Gasteiger partial charge in [-0.25, -0.2) is 0 Å². The van der Waals surface area contributed by atoms with Gasteiger partial charge in [0.1, 0.15) is 0 Å². The quantitative estimate of drug-likeness (QED) is 0.877. The average molecular weight is 370 g/mol. The number of ether oxygens (including phenoxy) is 1. The number of nitrogens with two attached hydrogens (primary N) is 1. The molecule has 4 rings (SSSR count). The second-order valence-corrected chi connectivity index (χ2v) is 7.11. The molecule has 8 nitrogen and oxygen atoms in total. The fourth-order valence-electron chi connectivity index (χ4n) is 3.99. The molecule has 2 amide bonds. The lowest BCUT2D eigenvalue weighted by Crippen LogP contribution is -2.57. The molecule has 1 aliphatic carbocycles. The number of amides is 2. The van der Waals surface area contributed by atoms with Gasteiger partial charge in [-0.3, -0.25) is 9.59 Å². The lowest BCUT2D eigenvalue weighted by atomic mass is 9.81. The fraction of sp³-hybridized carbons (Fsp3) is 0.474. The van der Waals surface area contributed by atoms with Crippen LogP contribution < -0.4 is 5.73 Å². The molecule has 2 heterocycles. The van der Waals surface area contributed by atoms with Crippen molar-refractivity contribution in [2.45, 2.75) is 38.3 Å². The molecule has 8 heteroatoms. The standard InChI is InChI=1S/C19H22N4O4/c1-11-21-18(22-27-11)13-3-2-4-14(9-13)19(25)23-7-8-26-16-6-5-12(17(20)24)10-15(16)23/h2-4,9,12,15-16H,5-8,10H2,1H3,(H2,20,24)/t12-,15+,16+/m0/s1. The van der Waals surface area contributed by atoms with Crippen molar-refractivity contribution < 1.29 is 18.8 Å². The number of carbonyl (C=O) groups excluding carboxylic acids is 2. The maximum Gasteiger partial charge on any atom is 0.254 e. The molecule has 2 fully saturated rings. The normalized spacial score (nSPS) is 25.1. The van der Waals surface area contributed by atoms with Crippen molar-refractivity contribution in [3.05, 3.63) is 35.7 Å². The summed E-state index contributed by atoms with van der Waals surface area (Å²) in [6.07, 6.45) is 1.96. The smallest absolute Gasteiger partial charge is 0.254 e. The molecule has 27 heavy (non-hydrogen) atoms. The topological polar surface area (TPSA) is 112 Å². The summed E-state index contributed by atoms with van der Waals surface area (Å²) < 4.78 is 10.9. The van der Waals surface area contributed by atoms with Crippen LogP contribution in [0.15, 0.2) is 28.8 Å². The van der Waals surface area contributed by atoms with Crippen molar-refractivity contribution in [2.24, 2.45) is 11.7 Å².